The third kappa shape index (κ3) is 1.94. The number of benzene rings is 1. The number of thiophene rings is 1. The number of H-pyrrole nitrogens is 1. The molecular formula is C13H9ClN2OS2. The summed E-state index contributed by atoms with van der Waals surface area (Å²) in [5.41, 5.74) is 2.18. The van der Waals surface area contributed by atoms with Gasteiger partial charge in [0, 0.05) is 0 Å². The summed E-state index contributed by atoms with van der Waals surface area (Å²) < 4.78 is 2.46. The summed E-state index contributed by atoms with van der Waals surface area (Å²) in [5, 5.41) is 2.37. The predicted molar refractivity (Wildman–Crippen MR) is 82.4 cm³/mol. The van der Waals surface area contributed by atoms with Gasteiger partial charge >= 0.3 is 0 Å². The third-order valence-electron chi connectivity index (χ3n) is 2.92. The number of fused-ring (bicyclic) bond motifs is 1. The fraction of sp³-hybridized carbons (Fsp3) is 0.0769. The Morgan fingerprint density at radius 1 is 1.37 bits per heavy atom. The Bertz CT molecular complexity index is 871. The van der Waals surface area contributed by atoms with Gasteiger partial charge < -0.3 is 4.98 Å². The molecule has 0 saturated heterocycles. The van der Waals surface area contributed by atoms with Crippen molar-refractivity contribution in [3.05, 3.63) is 55.4 Å². The minimum Gasteiger partial charge on any atom is -0.331 e. The maximum absolute atomic E-state index is 12.5. The molecule has 0 aliphatic heterocycles. The van der Waals surface area contributed by atoms with E-state index < -0.39 is 0 Å². The van der Waals surface area contributed by atoms with Gasteiger partial charge in [0.15, 0.2) is 4.77 Å². The molecule has 0 fully saturated rings. The van der Waals surface area contributed by atoms with E-state index >= 15 is 0 Å². The van der Waals surface area contributed by atoms with Crippen LogP contribution in [0.25, 0.3) is 15.9 Å². The van der Waals surface area contributed by atoms with E-state index in [1.54, 1.807) is 6.07 Å². The smallest absolute Gasteiger partial charge is 0.276 e. The summed E-state index contributed by atoms with van der Waals surface area (Å²) in [5.74, 6) is 0. The van der Waals surface area contributed by atoms with E-state index in [4.69, 9.17) is 23.8 Å². The van der Waals surface area contributed by atoms with Gasteiger partial charge in [0.1, 0.15) is 4.70 Å². The van der Waals surface area contributed by atoms with Gasteiger partial charge in [-0.2, -0.15) is 0 Å². The number of nitrogens with one attached hydrogen (secondary N) is 1. The molecule has 3 rings (SSSR count). The predicted octanol–water partition coefficient (Wildman–Crippen LogP) is 4.07. The molecule has 0 atom stereocenters. The Labute approximate surface area is 123 Å². The lowest BCUT2D eigenvalue weighted by Crippen LogP contribution is -2.20. The number of nitrogens with zero attached hydrogens (tertiary/aromatic N) is 1. The van der Waals surface area contributed by atoms with E-state index in [0.29, 0.717) is 20.2 Å². The van der Waals surface area contributed by atoms with Gasteiger partial charge in [0.05, 0.1) is 16.2 Å². The second-order valence-electron chi connectivity index (χ2n) is 4.14. The van der Waals surface area contributed by atoms with Crippen LogP contribution in [0.5, 0.6) is 0 Å². The van der Waals surface area contributed by atoms with Crippen molar-refractivity contribution in [3.63, 3.8) is 0 Å². The van der Waals surface area contributed by atoms with Gasteiger partial charge in [-0.3, -0.25) is 9.36 Å². The standard InChI is InChI=1S/C13H9ClN2OS2/c1-7-3-2-4-8(14)10(7)16-12(17)11-9(5-6-19-11)15-13(16)18/h2-6H,1H3,(H,15,18). The average molecular weight is 309 g/mol. The molecule has 0 bridgehead atoms. The maximum Gasteiger partial charge on any atom is 0.276 e. The third-order valence-corrected chi connectivity index (χ3v) is 4.41. The molecule has 1 aromatic carbocycles. The first-order chi connectivity index (χ1) is 9.09. The molecule has 3 nitrogen and oxygen atoms in total. The summed E-state index contributed by atoms with van der Waals surface area (Å²) in [4.78, 5) is 15.6. The molecule has 2 heterocycles. The Kier molecular flexibility index (Phi) is 3.05. The molecule has 0 aliphatic rings. The number of halogens is 1. The fourth-order valence-corrected chi connectivity index (χ4v) is 3.42. The van der Waals surface area contributed by atoms with Gasteiger partial charge in [-0.15, -0.1) is 11.3 Å². The van der Waals surface area contributed by atoms with E-state index in [9.17, 15) is 4.79 Å². The van der Waals surface area contributed by atoms with Crippen LogP contribution in [0.2, 0.25) is 5.02 Å². The Morgan fingerprint density at radius 3 is 2.89 bits per heavy atom. The largest absolute Gasteiger partial charge is 0.331 e. The lowest BCUT2D eigenvalue weighted by Gasteiger charge is -2.11. The fourth-order valence-electron chi connectivity index (χ4n) is 2.05. The lowest BCUT2D eigenvalue weighted by atomic mass is 10.2. The van der Waals surface area contributed by atoms with Crippen LogP contribution in [0.4, 0.5) is 0 Å². The molecule has 0 radical (unpaired) electrons. The van der Waals surface area contributed by atoms with Crippen LogP contribution in [0.3, 0.4) is 0 Å². The summed E-state index contributed by atoms with van der Waals surface area (Å²) in [7, 11) is 0. The zero-order valence-electron chi connectivity index (χ0n) is 9.94. The van der Waals surface area contributed by atoms with Crippen LogP contribution >= 0.6 is 35.2 Å². The summed E-state index contributed by atoms with van der Waals surface area (Å²) in [6, 6.07) is 7.36. The van der Waals surface area contributed by atoms with Gasteiger partial charge in [0.2, 0.25) is 0 Å². The first-order valence-electron chi connectivity index (χ1n) is 5.57. The van der Waals surface area contributed by atoms with Crippen LogP contribution in [0, 0.1) is 11.7 Å². The SMILES string of the molecule is Cc1cccc(Cl)c1-n1c(=S)[nH]c2ccsc2c1=O. The number of para-hydroxylation sites is 1. The highest BCUT2D eigenvalue weighted by atomic mass is 35.5. The van der Waals surface area contributed by atoms with Crippen molar-refractivity contribution >= 4 is 45.4 Å². The molecule has 2 aromatic heterocycles. The zero-order valence-corrected chi connectivity index (χ0v) is 12.3. The molecule has 3 aromatic rings. The Morgan fingerprint density at radius 2 is 2.16 bits per heavy atom. The summed E-state index contributed by atoms with van der Waals surface area (Å²) in [6.45, 7) is 1.90. The van der Waals surface area contributed by atoms with Crippen LogP contribution in [0.15, 0.2) is 34.4 Å². The van der Waals surface area contributed by atoms with Crippen molar-refractivity contribution in [1.29, 1.82) is 0 Å². The Hall–Kier alpha value is -1.43. The van der Waals surface area contributed by atoms with Crippen molar-refractivity contribution in [2.24, 2.45) is 0 Å². The number of rotatable bonds is 1. The molecule has 19 heavy (non-hydrogen) atoms. The van der Waals surface area contributed by atoms with Crippen molar-refractivity contribution in [3.8, 4) is 5.69 Å². The molecule has 0 amide bonds. The van der Waals surface area contributed by atoms with E-state index in [-0.39, 0.29) is 5.56 Å². The molecular weight excluding hydrogens is 300 g/mol. The van der Waals surface area contributed by atoms with E-state index in [1.165, 1.54) is 15.9 Å². The van der Waals surface area contributed by atoms with E-state index in [2.05, 4.69) is 4.98 Å². The molecule has 0 spiro atoms. The first-order valence-corrected chi connectivity index (χ1v) is 7.24. The van der Waals surface area contributed by atoms with Crippen LogP contribution in [-0.2, 0) is 0 Å². The number of hydrogen-bond donors (Lipinski definition) is 1. The molecule has 0 aliphatic carbocycles. The second-order valence-corrected chi connectivity index (χ2v) is 5.85. The minimum atomic E-state index is -0.134. The molecule has 96 valence electrons. The molecule has 0 saturated carbocycles. The Balaban J connectivity index is 2.50. The highest BCUT2D eigenvalue weighted by molar-refractivity contribution is 7.71. The number of aryl methyl sites for hydroxylation is 1. The average Bonchev–Trinajstić information content (AvgIpc) is 2.81. The monoisotopic (exact) mass is 308 g/mol. The molecule has 6 heteroatoms. The first kappa shape index (κ1) is 12.6. The zero-order chi connectivity index (χ0) is 13.6. The van der Waals surface area contributed by atoms with Crippen LogP contribution in [0.1, 0.15) is 5.56 Å². The van der Waals surface area contributed by atoms with Gasteiger partial charge in [-0.05, 0) is 42.2 Å². The molecule has 0 unspecified atom stereocenters. The second kappa shape index (κ2) is 4.59. The van der Waals surface area contributed by atoms with Gasteiger partial charge in [-0.25, -0.2) is 0 Å². The summed E-state index contributed by atoms with van der Waals surface area (Å²) in [6.07, 6.45) is 0. The normalized spacial score (nSPS) is 11.1. The van der Waals surface area contributed by atoms with E-state index in [0.717, 1.165) is 11.1 Å². The number of aromatic nitrogens is 2. The summed E-state index contributed by atoms with van der Waals surface area (Å²) >= 11 is 12.9. The topological polar surface area (TPSA) is 37.8 Å². The van der Waals surface area contributed by atoms with E-state index in [1.807, 2.05) is 30.5 Å². The quantitative estimate of drug-likeness (QED) is 0.688. The van der Waals surface area contributed by atoms with Gasteiger partial charge in [0.25, 0.3) is 5.56 Å². The van der Waals surface area contributed by atoms with Crippen molar-refractivity contribution in [2.75, 3.05) is 0 Å². The highest BCUT2D eigenvalue weighted by Gasteiger charge is 2.13. The molecule has 1 N–H and O–H groups in total. The van der Waals surface area contributed by atoms with Crippen molar-refractivity contribution in [1.82, 2.24) is 9.55 Å². The maximum atomic E-state index is 12.5. The van der Waals surface area contributed by atoms with Crippen LogP contribution in [-0.4, -0.2) is 9.55 Å². The highest BCUT2D eigenvalue weighted by Crippen LogP contribution is 2.24. The number of aromatic amines is 1. The van der Waals surface area contributed by atoms with Gasteiger partial charge in [-0.1, -0.05) is 23.7 Å². The lowest BCUT2D eigenvalue weighted by molar-refractivity contribution is 0.934. The van der Waals surface area contributed by atoms with Crippen molar-refractivity contribution < 1.29 is 0 Å². The minimum absolute atomic E-state index is 0.134. The number of hydrogen-bond acceptors (Lipinski definition) is 3. The van der Waals surface area contributed by atoms with Crippen molar-refractivity contribution in [2.45, 2.75) is 6.92 Å². The van der Waals surface area contributed by atoms with Crippen LogP contribution < -0.4 is 5.56 Å².